The maximum atomic E-state index is 4.10. The van der Waals surface area contributed by atoms with Gasteiger partial charge in [-0.3, -0.25) is 0 Å². The predicted molar refractivity (Wildman–Crippen MR) is 73.7 cm³/mol. The van der Waals surface area contributed by atoms with Crippen molar-refractivity contribution >= 4 is 5.82 Å². The molecule has 0 amide bonds. The molecule has 0 saturated carbocycles. The van der Waals surface area contributed by atoms with E-state index in [1.165, 1.54) is 32.4 Å². The molecule has 1 fully saturated rings. The summed E-state index contributed by atoms with van der Waals surface area (Å²) in [6, 6.07) is 0.442. The quantitative estimate of drug-likeness (QED) is 0.839. The van der Waals surface area contributed by atoms with E-state index in [1.807, 2.05) is 10.9 Å². The summed E-state index contributed by atoms with van der Waals surface area (Å²) in [5.74, 6) is 1.04. The lowest BCUT2D eigenvalue weighted by Crippen LogP contribution is -2.38. The number of nitrogens with one attached hydrogen (secondary N) is 1. The lowest BCUT2D eigenvalue weighted by molar-refractivity contribution is 0.223. The molecule has 0 radical (unpaired) electrons. The molecule has 2 heterocycles. The van der Waals surface area contributed by atoms with E-state index in [0.717, 1.165) is 25.3 Å². The SMILES string of the molecule is CCCn1nncc1NC(C)CN1CCCCC1. The van der Waals surface area contributed by atoms with Gasteiger partial charge in [0.2, 0.25) is 0 Å². The Morgan fingerprint density at radius 2 is 2.11 bits per heavy atom. The highest BCUT2D eigenvalue weighted by Crippen LogP contribution is 2.11. The zero-order chi connectivity index (χ0) is 12.8. The van der Waals surface area contributed by atoms with Crippen molar-refractivity contribution in [2.24, 2.45) is 0 Å². The molecule has 1 aliphatic rings. The average Bonchev–Trinajstić information content (AvgIpc) is 2.78. The van der Waals surface area contributed by atoms with Crippen molar-refractivity contribution < 1.29 is 0 Å². The third-order valence-corrected chi connectivity index (χ3v) is 3.43. The van der Waals surface area contributed by atoms with Gasteiger partial charge in [0, 0.05) is 19.1 Å². The van der Waals surface area contributed by atoms with Crippen molar-refractivity contribution in [3.8, 4) is 0 Å². The summed E-state index contributed by atoms with van der Waals surface area (Å²) in [6.45, 7) is 8.92. The monoisotopic (exact) mass is 251 g/mol. The van der Waals surface area contributed by atoms with Crippen LogP contribution >= 0.6 is 0 Å². The number of likely N-dealkylation sites (tertiary alicyclic amines) is 1. The van der Waals surface area contributed by atoms with E-state index >= 15 is 0 Å². The molecular weight excluding hydrogens is 226 g/mol. The maximum Gasteiger partial charge on any atom is 0.145 e. The third-order valence-electron chi connectivity index (χ3n) is 3.43. The molecule has 1 aromatic heterocycles. The van der Waals surface area contributed by atoms with E-state index in [9.17, 15) is 0 Å². The Kier molecular flexibility index (Phi) is 4.99. The fourth-order valence-electron chi connectivity index (χ4n) is 2.57. The van der Waals surface area contributed by atoms with Gasteiger partial charge in [0.05, 0.1) is 6.20 Å². The Balaban J connectivity index is 1.82. The first kappa shape index (κ1) is 13.3. The Morgan fingerprint density at radius 1 is 1.33 bits per heavy atom. The molecule has 1 atom stereocenters. The van der Waals surface area contributed by atoms with Gasteiger partial charge >= 0.3 is 0 Å². The van der Waals surface area contributed by atoms with Crippen LogP contribution in [-0.2, 0) is 6.54 Å². The molecule has 1 aliphatic heterocycles. The molecule has 5 nitrogen and oxygen atoms in total. The minimum atomic E-state index is 0.442. The van der Waals surface area contributed by atoms with Crippen LogP contribution in [0, 0.1) is 0 Å². The maximum absolute atomic E-state index is 4.10. The minimum absolute atomic E-state index is 0.442. The smallest absolute Gasteiger partial charge is 0.145 e. The van der Waals surface area contributed by atoms with Crippen LogP contribution in [0.25, 0.3) is 0 Å². The summed E-state index contributed by atoms with van der Waals surface area (Å²) in [5.41, 5.74) is 0. The average molecular weight is 251 g/mol. The number of hydrogen-bond acceptors (Lipinski definition) is 4. The molecule has 0 aromatic carbocycles. The minimum Gasteiger partial charge on any atom is -0.365 e. The molecule has 0 aliphatic carbocycles. The molecule has 0 spiro atoms. The lowest BCUT2D eigenvalue weighted by atomic mass is 10.1. The van der Waals surface area contributed by atoms with Crippen molar-refractivity contribution in [1.29, 1.82) is 0 Å². The van der Waals surface area contributed by atoms with Crippen molar-refractivity contribution in [2.45, 2.75) is 52.1 Å². The molecule has 1 saturated heterocycles. The number of aromatic nitrogens is 3. The van der Waals surface area contributed by atoms with Crippen LogP contribution in [0.5, 0.6) is 0 Å². The van der Waals surface area contributed by atoms with Crippen molar-refractivity contribution in [1.82, 2.24) is 19.9 Å². The van der Waals surface area contributed by atoms with E-state index in [2.05, 4.69) is 34.4 Å². The van der Waals surface area contributed by atoms with Crippen LogP contribution in [0.3, 0.4) is 0 Å². The first-order chi connectivity index (χ1) is 8.79. The second kappa shape index (κ2) is 6.73. The summed E-state index contributed by atoms with van der Waals surface area (Å²) in [7, 11) is 0. The fraction of sp³-hybridized carbons (Fsp3) is 0.846. The van der Waals surface area contributed by atoms with Gasteiger partial charge in [0.1, 0.15) is 5.82 Å². The number of hydrogen-bond donors (Lipinski definition) is 1. The summed E-state index contributed by atoms with van der Waals surface area (Å²) >= 11 is 0. The molecule has 1 unspecified atom stereocenters. The summed E-state index contributed by atoms with van der Waals surface area (Å²) in [5, 5.41) is 11.6. The molecular formula is C13H25N5. The van der Waals surface area contributed by atoms with Crippen molar-refractivity contribution in [3.63, 3.8) is 0 Å². The third kappa shape index (κ3) is 3.70. The van der Waals surface area contributed by atoms with Gasteiger partial charge in [-0.25, -0.2) is 4.68 Å². The second-order valence-electron chi connectivity index (χ2n) is 5.25. The standard InChI is InChI=1S/C13H25N5/c1-3-7-18-13(10-14-16-18)15-12(2)11-17-8-5-4-6-9-17/h10,12,15H,3-9,11H2,1-2H3. The van der Waals surface area contributed by atoms with Gasteiger partial charge < -0.3 is 10.2 Å². The molecule has 1 N–H and O–H groups in total. The molecule has 18 heavy (non-hydrogen) atoms. The largest absolute Gasteiger partial charge is 0.365 e. The topological polar surface area (TPSA) is 46.0 Å². The summed E-state index contributed by atoms with van der Waals surface area (Å²) < 4.78 is 1.95. The van der Waals surface area contributed by atoms with Crippen molar-refractivity contribution in [3.05, 3.63) is 6.20 Å². The Labute approximate surface area is 110 Å². The van der Waals surface area contributed by atoms with E-state index in [1.54, 1.807) is 0 Å². The van der Waals surface area contributed by atoms with Crippen LogP contribution in [0.15, 0.2) is 6.20 Å². The van der Waals surface area contributed by atoms with Crippen LogP contribution in [0.4, 0.5) is 5.82 Å². The van der Waals surface area contributed by atoms with Gasteiger partial charge in [-0.2, -0.15) is 0 Å². The first-order valence-electron chi connectivity index (χ1n) is 7.17. The Morgan fingerprint density at radius 3 is 2.83 bits per heavy atom. The lowest BCUT2D eigenvalue weighted by Gasteiger charge is -2.29. The number of nitrogens with zero attached hydrogens (tertiary/aromatic N) is 4. The fourth-order valence-corrected chi connectivity index (χ4v) is 2.57. The van der Waals surface area contributed by atoms with E-state index in [0.29, 0.717) is 6.04 Å². The van der Waals surface area contributed by atoms with Gasteiger partial charge in [0.15, 0.2) is 0 Å². The van der Waals surface area contributed by atoms with Gasteiger partial charge in [-0.1, -0.05) is 18.6 Å². The highest BCUT2D eigenvalue weighted by atomic mass is 15.5. The van der Waals surface area contributed by atoms with Crippen LogP contribution in [0.1, 0.15) is 39.5 Å². The molecule has 2 rings (SSSR count). The number of piperidine rings is 1. The zero-order valence-corrected chi connectivity index (χ0v) is 11.6. The van der Waals surface area contributed by atoms with Crippen LogP contribution in [0.2, 0.25) is 0 Å². The Hall–Kier alpha value is -1.10. The predicted octanol–water partition coefficient (Wildman–Crippen LogP) is 1.97. The van der Waals surface area contributed by atoms with Crippen LogP contribution < -0.4 is 5.32 Å². The Bertz CT molecular complexity index is 343. The number of anilines is 1. The van der Waals surface area contributed by atoms with Gasteiger partial charge in [0.25, 0.3) is 0 Å². The molecule has 5 heteroatoms. The van der Waals surface area contributed by atoms with E-state index < -0.39 is 0 Å². The highest BCUT2D eigenvalue weighted by Gasteiger charge is 2.14. The van der Waals surface area contributed by atoms with Crippen LogP contribution in [-0.4, -0.2) is 45.6 Å². The summed E-state index contributed by atoms with van der Waals surface area (Å²) in [4.78, 5) is 2.55. The first-order valence-corrected chi connectivity index (χ1v) is 7.17. The summed E-state index contributed by atoms with van der Waals surface area (Å²) in [6.07, 6.45) is 7.00. The molecule has 0 bridgehead atoms. The van der Waals surface area contributed by atoms with Gasteiger partial charge in [-0.05, 0) is 39.3 Å². The second-order valence-corrected chi connectivity index (χ2v) is 5.25. The van der Waals surface area contributed by atoms with E-state index in [-0.39, 0.29) is 0 Å². The number of rotatable bonds is 6. The normalized spacial score (nSPS) is 18.8. The van der Waals surface area contributed by atoms with Crippen molar-refractivity contribution in [2.75, 3.05) is 25.0 Å². The number of aryl methyl sites for hydroxylation is 1. The highest BCUT2D eigenvalue weighted by molar-refractivity contribution is 5.32. The van der Waals surface area contributed by atoms with E-state index in [4.69, 9.17) is 0 Å². The zero-order valence-electron chi connectivity index (χ0n) is 11.6. The molecule has 1 aromatic rings. The van der Waals surface area contributed by atoms with Gasteiger partial charge in [-0.15, -0.1) is 5.10 Å². The molecule has 102 valence electrons.